The molecule has 4 unspecified atom stereocenters. The summed E-state index contributed by atoms with van der Waals surface area (Å²) in [5.74, 6) is 0.831. The normalized spacial score (nSPS) is 26.9. The highest BCUT2D eigenvalue weighted by atomic mass is 16.6. The van der Waals surface area contributed by atoms with Crippen molar-refractivity contribution in [2.75, 3.05) is 12.3 Å². The van der Waals surface area contributed by atoms with Crippen molar-refractivity contribution >= 4 is 34.0 Å². The van der Waals surface area contributed by atoms with Crippen molar-refractivity contribution in [1.29, 1.82) is 0 Å². The quantitative estimate of drug-likeness (QED) is 0.175. The summed E-state index contributed by atoms with van der Waals surface area (Å²) in [6, 6.07) is 5.91. The van der Waals surface area contributed by atoms with Crippen LogP contribution in [0.1, 0.15) is 50.7 Å². The molecule has 40 heavy (non-hydrogen) atoms. The van der Waals surface area contributed by atoms with Crippen LogP contribution in [0.3, 0.4) is 0 Å². The Morgan fingerprint density at radius 3 is 2.80 bits per heavy atom. The molecule has 2 fully saturated rings. The van der Waals surface area contributed by atoms with Crippen molar-refractivity contribution in [3.05, 3.63) is 42.2 Å². The molecule has 0 bridgehead atoms. The van der Waals surface area contributed by atoms with E-state index in [-0.39, 0.29) is 5.82 Å². The van der Waals surface area contributed by atoms with Gasteiger partial charge < -0.3 is 36.1 Å². The van der Waals surface area contributed by atoms with Crippen LogP contribution < -0.4 is 11.1 Å². The smallest absolute Gasteiger partial charge is 0.313 e. The number of nitrogen functional groups attached to an aromatic ring is 1. The molecule has 212 valence electrons. The van der Waals surface area contributed by atoms with Crippen molar-refractivity contribution in [2.24, 2.45) is 5.92 Å². The predicted molar refractivity (Wildman–Crippen MR) is 145 cm³/mol. The Morgan fingerprint density at radius 2 is 2.02 bits per heavy atom. The number of carbonyl (C=O) groups is 1. The van der Waals surface area contributed by atoms with E-state index in [4.69, 9.17) is 15.5 Å². The number of hydrogen-bond acceptors (Lipinski definition) is 10. The number of rotatable bonds is 9. The van der Waals surface area contributed by atoms with Crippen molar-refractivity contribution in [1.82, 2.24) is 34.8 Å². The fourth-order valence-corrected chi connectivity index (χ4v) is 5.63. The predicted octanol–water partition coefficient (Wildman–Crippen LogP) is 1.27. The SMILES string of the molecule is CC(C)(C(=O)O)c1ccc2[nH]c(CCC3CC(NCC4OC(n5cnc6c(N)ncnc65)C(O)C4O)C3)nc2c1. The summed E-state index contributed by atoms with van der Waals surface area (Å²) in [5, 5.41) is 34.3. The highest BCUT2D eigenvalue weighted by Gasteiger charge is 2.44. The molecule has 1 aromatic carbocycles. The third-order valence-electron chi connectivity index (χ3n) is 8.42. The summed E-state index contributed by atoms with van der Waals surface area (Å²) >= 11 is 0. The van der Waals surface area contributed by atoms with Gasteiger partial charge in [-0.1, -0.05) is 6.07 Å². The maximum atomic E-state index is 11.6. The Balaban J connectivity index is 0.985. The van der Waals surface area contributed by atoms with E-state index in [0.29, 0.717) is 29.7 Å². The Labute approximate surface area is 229 Å². The molecule has 13 nitrogen and oxygen atoms in total. The molecule has 4 heterocycles. The number of aliphatic carboxylic acids is 1. The summed E-state index contributed by atoms with van der Waals surface area (Å²) < 4.78 is 7.59. The van der Waals surface area contributed by atoms with Crippen molar-refractivity contribution in [3.8, 4) is 0 Å². The van der Waals surface area contributed by atoms with Gasteiger partial charge in [0.1, 0.15) is 36.0 Å². The van der Waals surface area contributed by atoms with Crippen LogP contribution in [0, 0.1) is 5.92 Å². The molecule has 3 aromatic heterocycles. The van der Waals surface area contributed by atoms with E-state index in [0.717, 1.165) is 48.1 Å². The molecule has 1 saturated heterocycles. The molecular weight excluding hydrogens is 516 g/mol. The van der Waals surface area contributed by atoms with Crippen molar-refractivity contribution in [2.45, 2.75) is 75.5 Å². The molecule has 2 aliphatic rings. The molecule has 4 aromatic rings. The number of aryl methyl sites for hydroxylation is 1. The van der Waals surface area contributed by atoms with Gasteiger partial charge >= 0.3 is 5.97 Å². The van der Waals surface area contributed by atoms with Gasteiger partial charge in [-0.25, -0.2) is 19.9 Å². The average Bonchev–Trinajstić information content (AvgIpc) is 3.59. The van der Waals surface area contributed by atoms with Crippen molar-refractivity contribution in [3.63, 3.8) is 0 Å². The molecule has 1 saturated carbocycles. The summed E-state index contributed by atoms with van der Waals surface area (Å²) in [5.41, 5.74) is 8.16. The second-order valence-corrected chi connectivity index (χ2v) is 11.5. The first-order valence-electron chi connectivity index (χ1n) is 13.5. The lowest BCUT2D eigenvalue weighted by molar-refractivity contribution is -0.142. The van der Waals surface area contributed by atoms with E-state index in [1.54, 1.807) is 18.4 Å². The van der Waals surface area contributed by atoms with Gasteiger partial charge in [0.15, 0.2) is 17.7 Å². The number of hydrogen-bond donors (Lipinski definition) is 6. The minimum Gasteiger partial charge on any atom is -0.481 e. The third-order valence-corrected chi connectivity index (χ3v) is 8.42. The monoisotopic (exact) mass is 550 g/mol. The number of imidazole rings is 2. The average molecular weight is 551 g/mol. The molecule has 13 heteroatoms. The minimum absolute atomic E-state index is 0.240. The van der Waals surface area contributed by atoms with E-state index >= 15 is 0 Å². The standard InChI is InChI=1S/C27H34N8O5/c1-27(2,26(38)39)14-4-5-16-17(9-14)34-19(33-16)6-3-13-7-15(8-13)29-10-18-21(36)22(37)25(40-18)35-12-32-20-23(28)30-11-31-24(20)35/h4-5,9,11-13,15,18,21-22,25,29,36-37H,3,6-8,10H2,1-2H3,(H,33,34)(H,38,39)(H2,28,30,31). The molecule has 7 N–H and O–H groups in total. The molecule has 4 atom stereocenters. The number of nitrogens with one attached hydrogen (secondary N) is 2. The second-order valence-electron chi connectivity index (χ2n) is 11.5. The van der Waals surface area contributed by atoms with Gasteiger partial charge in [0.25, 0.3) is 0 Å². The first kappa shape index (κ1) is 26.6. The molecule has 0 spiro atoms. The van der Waals surface area contributed by atoms with Crippen LogP contribution in [0.5, 0.6) is 0 Å². The number of aliphatic hydroxyl groups excluding tert-OH is 2. The number of nitrogens with two attached hydrogens (primary N) is 1. The van der Waals surface area contributed by atoms with E-state index < -0.39 is 35.9 Å². The van der Waals surface area contributed by atoms with Crippen LogP contribution >= 0.6 is 0 Å². The number of anilines is 1. The summed E-state index contributed by atoms with van der Waals surface area (Å²) in [6.45, 7) is 3.80. The van der Waals surface area contributed by atoms with Crippen molar-refractivity contribution < 1.29 is 24.9 Å². The number of H-pyrrole nitrogens is 1. The van der Waals surface area contributed by atoms with E-state index in [9.17, 15) is 20.1 Å². The Hall–Kier alpha value is -3.65. The van der Waals surface area contributed by atoms with Crippen LogP contribution in [-0.2, 0) is 21.4 Å². The summed E-state index contributed by atoms with van der Waals surface area (Å²) in [7, 11) is 0. The molecular formula is C27H34N8O5. The number of ether oxygens (including phenoxy) is 1. The highest BCUT2D eigenvalue weighted by molar-refractivity contribution is 5.84. The number of aliphatic hydroxyl groups is 2. The fraction of sp³-hybridized carbons (Fsp3) is 0.519. The van der Waals surface area contributed by atoms with Gasteiger partial charge in [0, 0.05) is 19.0 Å². The number of nitrogens with zero attached hydrogens (tertiary/aromatic N) is 5. The number of carboxylic acids is 1. The number of fused-ring (bicyclic) bond motifs is 2. The van der Waals surface area contributed by atoms with E-state index in [1.165, 1.54) is 12.7 Å². The van der Waals surface area contributed by atoms with Gasteiger partial charge in [0.05, 0.1) is 22.8 Å². The molecule has 0 radical (unpaired) electrons. The Bertz CT molecular complexity index is 1540. The van der Waals surface area contributed by atoms with Gasteiger partial charge in [0.2, 0.25) is 0 Å². The summed E-state index contributed by atoms with van der Waals surface area (Å²) in [6.07, 6.45) is 3.04. The Morgan fingerprint density at radius 1 is 1.23 bits per heavy atom. The topological polar surface area (TPSA) is 197 Å². The number of benzene rings is 1. The zero-order valence-electron chi connectivity index (χ0n) is 22.4. The zero-order chi connectivity index (χ0) is 28.2. The second kappa shape index (κ2) is 10.1. The first-order chi connectivity index (χ1) is 19.1. The lowest BCUT2D eigenvalue weighted by Crippen LogP contribution is -2.46. The van der Waals surface area contributed by atoms with E-state index in [2.05, 4.69) is 25.3 Å². The summed E-state index contributed by atoms with van der Waals surface area (Å²) in [4.78, 5) is 32.0. The number of aromatic amines is 1. The van der Waals surface area contributed by atoms with Crippen LogP contribution in [0.4, 0.5) is 5.82 Å². The van der Waals surface area contributed by atoms with Crippen LogP contribution in [0.25, 0.3) is 22.2 Å². The number of aromatic nitrogens is 6. The zero-order valence-corrected chi connectivity index (χ0v) is 22.4. The minimum atomic E-state index is -1.13. The lowest BCUT2D eigenvalue weighted by Gasteiger charge is -2.36. The maximum Gasteiger partial charge on any atom is 0.313 e. The largest absolute Gasteiger partial charge is 0.481 e. The van der Waals surface area contributed by atoms with Gasteiger partial charge in [-0.2, -0.15) is 0 Å². The third kappa shape index (κ3) is 4.68. The molecule has 1 aliphatic heterocycles. The van der Waals surface area contributed by atoms with Crippen LogP contribution in [0.2, 0.25) is 0 Å². The molecule has 1 aliphatic carbocycles. The lowest BCUT2D eigenvalue weighted by atomic mass is 9.77. The number of carboxylic acid groups (broad SMARTS) is 1. The van der Waals surface area contributed by atoms with E-state index in [1.807, 2.05) is 18.2 Å². The van der Waals surface area contributed by atoms with Gasteiger partial charge in [-0.3, -0.25) is 9.36 Å². The van der Waals surface area contributed by atoms with Gasteiger partial charge in [-0.05, 0) is 56.7 Å². The fourth-order valence-electron chi connectivity index (χ4n) is 5.63. The molecule has 6 rings (SSSR count). The maximum absolute atomic E-state index is 11.6. The first-order valence-corrected chi connectivity index (χ1v) is 13.5. The van der Waals surface area contributed by atoms with Crippen LogP contribution in [0.15, 0.2) is 30.9 Å². The molecule has 0 amide bonds. The van der Waals surface area contributed by atoms with Crippen LogP contribution in [-0.4, -0.2) is 81.7 Å². The highest BCUT2D eigenvalue weighted by Crippen LogP contribution is 2.34. The Kier molecular flexibility index (Phi) is 6.69. The van der Waals surface area contributed by atoms with Gasteiger partial charge in [-0.15, -0.1) is 0 Å².